The van der Waals surface area contributed by atoms with Crippen molar-refractivity contribution in [3.05, 3.63) is 60.2 Å². The number of halogens is 3. The molecule has 0 radical (unpaired) electrons. The smallest absolute Gasteiger partial charge is 0.406 e. The average molecular weight is 505 g/mol. The highest BCUT2D eigenvalue weighted by Crippen LogP contribution is 2.29. The molecule has 1 N–H and O–H groups in total. The Morgan fingerprint density at radius 1 is 1.06 bits per heavy atom. The Balaban J connectivity index is 1.15. The maximum Gasteiger partial charge on any atom is 0.573 e. The lowest BCUT2D eigenvalue weighted by atomic mass is 9.95. The van der Waals surface area contributed by atoms with Crippen molar-refractivity contribution in [2.75, 3.05) is 51.2 Å². The van der Waals surface area contributed by atoms with Crippen LogP contribution in [0.1, 0.15) is 24.8 Å². The standard InChI is InChI=1S/C27H35F3N4O2/c1-32(24-12-14-33(20-24)19-21-6-3-2-4-7-21)17-13-31-26(35)22-10-15-34(16-11-22)23-8-5-9-25(18-23)36-27(28,29)30/h2-9,18,22,24H,10-17,19-20H2,1H3,(H,31,35)/t24-/m0/s1. The van der Waals surface area contributed by atoms with Gasteiger partial charge in [-0.2, -0.15) is 0 Å². The summed E-state index contributed by atoms with van der Waals surface area (Å²) in [5.41, 5.74) is 2.01. The zero-order chi connectivity index (χ0) is 25.5. The lowest BCUT2D eigenvalue weighted by molar-refractivity contribution is -0.274. The Labute approximate surface area is 211 Å². The van der Waals surface area contributed by atoms with Crippen molar-refractivity contribution < 1.29 is 22.7 Å². The number of piperidine rings is 1. The fourth-order valence-electron chi connectivity index (χ4n) is 5.12. The molecule has 36 heavy (non-hydrogen) atoms. The third kappa shape index (κ3) is 7.61. The fraction of sp³-hybridized carbons (Fsp3) is 0.519. The van der Waals surface area contributed by atoms with Crippen LogP contribution >= 0.6 is 0 Å². The predicted octanol–water partition coefficient (Wildman–Crippen LogP) is 4.12. The minimum Gasteiger partial charge on any atom is -0.406 e. The summed E-state index contributed by atoms with van der Waals surface area (Å²) in [5, 5.41) is 3.09. The van der Waals surface area contributed by atoms with Gasteiger partial charge in [0.2, 0.25) is 5.91 Å². The molecule has 0 bridgehead atoms. The van der Waals surface area contributed by atoms with Crippen LogP contribution in [0.3, 0.4) is 0 Å². The number of carbonyl (C=O) groups is 1. The third-order valence-corrected chi connectivity index (χ3v) is 7.17. The van der Waals surface area contributed by atoms with Crippen molar-refractivity contribution in [2.24, 2.45) is 5.92 Å². The number of likely N-dealkylation sites (N-methyl/N-ethyl adjacent to an activating group) is 1. The molecule has 9 heteroatoms. The van der Waals surface area contributed by atoms with Crippen molar-refractivity contribution in [2.45, 2.75) is 38.2 Å². The molecule has 0 saturated carbocycles. The molecule has 2 saturated heterocycles. The maximum absolute atomic E-state index is 12.7. The highest BCUT2D eigenvalue weighted by atomic mass is 19.4. The van der Waals surface area contributed by atoms with Gasteiger partial charge >= 0.3 is 6.36 Å². The van der Waals surface area contributed by atoms with E-state index in [0.717, 1.165) is 32.6 Å². The van der Waals surface area contributed by atoms with Gasteiger partial charge in [0.25, 0.3) is 0 Å². The van der Waals surface area contributed by atoms with Gasteiger partial charge in [-0.15, -0.1) is 13.2 Å². The lowest BCUT2D eigenvalue weighted by Gasteiger charge is -2.33. The van der Waals surface area contributed by atoms with Crippen LogP contribution in [0.15, 0.2) is 54.6 Å². The number of amides is 1. The first-order chi connectivity index (χ1) is 17.3. The molecule has 1 atom stereocenters. The molecule has 0 aliphatic carbocycles. The number of likely N-dealkylation sites (tertiary alicyclic amines) is 1. The number of carbonyl (C=O) groups excluding carboxylic acids is 1. The van der Waals surface area contributed by atoms with E-state index in [1.807, 2.05) is 11.0 Å². The molecule has 6 nitrogen and oxygen atoms in total. The van der Waals surface area contributed by atoms with Gasteiger partial charge in [-0.25, -0.2) is 0 Å². The van der Waals surface area contributed by atoms with Crippen molar-refractivity contribution in [1.82, 2.24) is 15.1 Å². The number of nitrogens with zero attached hydrogens (tertiary/aromatic N) is 3. The molecule has 0 spiro atoms. The fourth-order valence-corrected chi connectivity index (χ4v) is 5.12. The number of ether oxygens (including phenoxy) is 1. The number of nitrogens with one attached hydrogen (secondary N) is 1. The number of anilines is 1. The van der Waals surface area contributed by atoms with Gasteiger partial charge in [-0.3, -0.25) is 9.69 Å². The Morgan fingerprint density at radius 2 is 1.81 bits per heavy atom. The number of benzene rings is 2. The van der Waals surface area contributed by atoms with Crippen LogP contribution in [-0.4, -0.2) is 74.4 Å². The quantitative estimate of drug-likeness (QED) is 0.557. The molecule has 2 aliphatic heterocycles. The van der Waals surface area contributed by atoms with Gasteiger partial charge in [0.1, 0.15) is 5.75 Å². The first kappa shape index (κ1) is 26.3. The van der Waals surface area contributed by atoms with Gasteiger partial charge in [0.05, 0.1) is 0 Å². The van der Waals surface area contributed by atoms with E-state index in [-0.39, 0.29) is 17.6 Å². The summed E-state index contributed by atoms with van der Waals surface area (Å²) in [6.45, 7) is 5.74. The van der Waals surface area contributed by atoms with Crippen molar-refractivity contribution in [3.63, 3.8) is 0 Å². The zero-order valence-corrected chi connectivity index (χ0v) is 20.7. The van der Waals surface area contributed by atoms with Gasteiger partial charge in [0.15, 0.2) is 0 Å². The van der Waals surface area contributed by atoms with E-state index in [2.05, 4.69) is 51.2 Å². The van der Waals surface area contributed by atoms with E-state index < -0.39 is 6.36 Å². The molecular formula is C27H35F3N4O2. The number of hydrogen-bond donors (Lipinski definition) is 1. The molecular weight excluding hydrogens is 469 g/mol. The predicted molar refractivity (Wildman–Crippen MR) is 134 cm³/mol. The van der Waals surface area contributed by atoms with Crippen LogP contribution in [0.25, 0.3) is 0 Å². The molecule has 2 fully saturated rings. The van der Waals surface area contributed by atoms with Crippen molar-refractivity contribution in [3.8, 4) is 5.75 Å². The Morgan fingerprint density at radius 3 is 2.53 bits per heavy atom. The topological polar surface area (TPSA) is 48.1 Å². The molecule has 2 aromatic rings. The van der Waals surface area contributed by atoms with Gasteiger partial charge in [-0.1, -0.05) is 36.4 Å². The van der Waals surface area contributed by atoms with E-state index in [9.17, 15) is 18.0 Å². The van der Waals surface area contributed by atoms with Gasteiger partial charge in [-0.05, 0) is 44.0 Å². The maximum atomic E-state index is 12.7. The number of hydrogen-bond acceptors (Lipinski definition) is 5. The Bertz CT molecular complexity index is 980. The highest BCUT2D eigenvalue weighted by molar-refractivity contribution is 5.79. The second-order valence-electron chi connectivity index (χ2n) is 9.74. The second-order valence-corrected chi connectivity index (χ2v) is 9.74. The van der Waals surface area contributed by atoms with Crippen molar-refractivity contribution in [1.29, 1.82) is 0 Å². The first-order valence-corrected chi connectivity index (χ1v) is 12.6. The summed E-state index contributed by atoms with van der Waals surface area (Å²) in [6.07, 6.45) is -2.24. The summed E-state index contributed by atoms with van der Waals surface area (Å²) < 4.78 is 41.5. The molecule has 1 amide bonds. The van der Waals surface area contributed by atoms with Crippen LogP contribution in [0.2, 0.25) is 0 Å². The molecule has 4 rings (SSSR count). The molecule has 2 aromatic carbocycles. The monoisotopic (exact) mass is 504 g/mol. The summed E-state index contributed by atoms with van der Waals surface area (Å²) >= 11 is 0. The van der Waals surface area contributed by atoms with E-state index in [0.29, 0.717) is 44.2 Å². The normalized spacial score (nSPS) is 19.6. The summed E-state index contributed by atoms with van der Waals surface area (Å²) in [6, 6.07) is 17.0. The molecule has 0 aromatic heterocycles. The number of alkyl halides is 3. The Hall–Kier alpha value is -2.78. The minimum absolute atomic E-state index is 0.0642. The van der Waals surface area contributed by atoms with Crippen LogP contribution in [-0.2, 0) is 11.3 Å². The van der Waals surface area contributed by atoms with E-state index in [1.54, 1.807) is 12.1 Å². The average Bonchev–Trinajstić information content (AvgIpc) is 3.32. The minimum atomic E-state index is -4.71. The summed E-state index contributed by atoms with van der Waals surface area (Å²) in [7, 11) is 2.12. The molecule has 0 unspecified atom stereocenters. The van der Waals surface area contributed by atoms with Crippen LogP contribution in [0.4, 0.5) is 18.9 Å². The van der Waals surface area contributed by atoms with Crippen LogP contribution in [0.5, 0.6) is 5.75 Å². The Kier molecular flexibility index (Phi) is 8.74. The van der Waals surface area contributed by atoms with Crippen LogP contribution < -0.4 is 15.0 Å². The lowest BCUT2D eigenvalue weighted by Crippen LogP contribution is -2.44. The van der Waals surface area contributed by atoms with E-state index in [4.69, 9.17) is 0 Å². The van der Waals surface area contributed by atoms with E-state index in [1.165, 1.54) is 17.7 Å². The molecule has 196 valence electrons. The van der Waals surface area contributed by atoms with Crippen LogP contribution in [0, 0.1) is 5.92 Å². The number of rotatable bonds is 9. The second kappa shape index (κ2) is 12.0. The largest absolute Gasteiger partial charge is 0.573 e. The third-order valence-electron chi connectivity index (χ3n) is 7.17. The first-order valence-electron chi connectivity index (χ1n) is 12.6. The molecule has 2 heterocycles. The highest BCUT2D eigenvalue weighted by Gasteiger charge is 2.32. The zero-order valence-electron chi connectivity index (χ0n) is 20.7. The molecule has 2 aliphatic rings. The summed E-state index contributed by atoms with van der Waals surface area (Å²) in [5.74, 6) is -0.238. The summed E-state index contributed by atoms with van der Waals surface area (Å²) in [4.78, 5) is 19.5. The van der Waals surface area contributed by atoms with E-state index >= 15 is 0 Å². The van der Waals surface area contributed by atoms with Gasteiger partial charge < -0.3 is 19.9 Å². The SMILES string of the molecule is CN(CCNC(=O)C1CCN(c2cccc(OC(F)(F)F)c2)CC1)[C@H]1CCN(Cc2ccccc2)C1. The van der Waals surface area contributed by atoms with Crippen molar-refractivity contribution >= 4 is 11.6 Å². The van der Waals surface area contributed by atoms with Gasteiger partial charge in [0, 0.05) is 69.5 Å².